The van der Waals surface area contributed by atoms with Crippen LogP contribution in [0.5, 0.6) is 0 Å². The number of nitrogens with zero attached hydrogens (tertiary/aromatic N) is 1. The Labute approximate surface area is 125 Å². The van der Waals surface area contributed by atoms with E-state index in [1.165, 1.54) is 7.11 Å². The summed E-state index contributed by atoms with van der Waals surface area (Å²) >= 11 is 3.46. The monoisotopic (exact) mass is 335 g/mol. The summed E-state index contributed by atoms with van der Waals surface area (Å²) in [4.78, 5) is 15.2. The number of benzene rings is 1. The SMILES string of the molecule is COC(=O)Nc1ccc(Nc2ccc(Br)c(C)c2)cn1. The Morgan fingerprint density at radius 3 is 2.60 bits per heavy atom. The third kappa shape index (κ3) is 3.71. The molecular formula is C14H14BrN3O2. The molecule has 0 saturated heterocycles. The summed E-state index contributed by atoms with van der Waals surface area (Å²) in [5.41, 5.74) is 2.95. The Balaban J connectivity index is 2.06. The lowest BCUT2D eigenvalue weighted by Gasteiger charge is -2.09. The van der Waals surface area contributed by atoms with E-state index in [1.54, 1.807) is 12.3 Å². The van der Waals surface area contributed by atoms with Gasteiger partial charge in [0.25, 0.3) is 0 Å². The molecule has 0 bridgehead atoms. The molecule has 0 unspecified atom stereocenters. The van der Waals surface area contributed by atoms with E-state index in [4.69, 9.17) is 0 Å². The summed E-state index contributed by atoms with van der Waals surface area (Å²) in [7, 11) is 1.31. The number of hydrogen-bond donors (Lipinski definition) is 2. The summed E-state index contributed by atoms with van der Waals surface area (Å²) in [6.45, 7) is 2.02. The van der Waals surface area contributed by atoms with Crippen molar-refractivity contribution in [2.75, 3.05) is 17.7 Å². The average Bonchev–Trinajstić information content (AvgIpc) is 2.45. The average molecular weight is 336 g/mol. The van der Waals surface area contributed by atoms with Gasteiger partial charge in [0, 0.05) is 10.2 Å². The van der Waals surface area contributed by atoms with Crippen LogP contribution in [0.25, 0.3) is 0 Å². The van der Waals surface area contributed by atoms with Gasteiger partial charge in [0.05, 0.1) is 19.0 Å². The Morgan fingerprint density at radius 1 is 1.25 bits per heavy atom. The van der Waals surface area contributed by atoms with Crippen LogP contribution in [-0.2, 0) is 4.74 Å². The fraction of sp³-hybridized carbons (Fsp3) is 0.143. The molecule has 2 N–H and O–H groups in total. The van der Waals surface area contributed by atoms with E-state index in [2.05, 4.69) is 36.3 Å². The van der Waals surface area contributed by atoms with Crippen LogP contribution < -0.4 is 10.6 Å². The molecule has 20 heavy (non-hydrogen) atoms. The van der Waals surface area contributed by atoms with Crippen LogP contribution in [-0.4, -0.2) is 18.2 Å². The van der Waals surface area contributed by atoms with Crippen LogP contribution in [0.2, 0.25) is 0 Å². The van der Waals surface area contributed by atoms with E-state index >= 15 is 0 Å². The largest absolute Gasteiger partial charge is 0.453 e. The molecule has 1 amide bonds. The maximum absolute atomic E-state index is 11.0. The fourth-order valence-electron chi connectivity index (χ4n) is 1.59. The predicted molar refractivity (Wildman–Crippen MR) is 82.4 cm³/mol. The Hall–Kier alpha value is -2.08. The molecule has 0 aliphatic rings. The molecule has 0 aliphatic carbocycles. The summed E-state index contributed by atoms with van der Waals surface area (Å²) in [5.74, 6) is 0.439. The van der Waals surface area contributed by atoms with Crippen molar-refractivity contribution >= 4 is 39.2 Å². The summed E-state index contributed by atoms with van der Waals surface area (Å²) in [5, 5.41) is 5.73. The maximum atomic E-state index is 11.0. The molecule has 0 aliphatic heterocycles. The molecule has 6 heteroatoms. The zero-order chi connectivity index (χ0) is 14.5. The van der Waals surface area contributed by atoms with Crippen LogP contribution in [0.15, 0.2) is 41.0 Å². The lowest BCUT2D eigenvalue weighted by molar-refractivity contribution is 0.187. The number of halogens is 1. The van der Waals surface area contributed by atoms with Gasteiger partial charge in [-0.3, -0.25) is 5.32 Å². The Bertz CT molecular complexity index is 614. The number of anilines is 3. The zero-order valence-electron chi connectivity index (χ0n) is 11.1. The molecule has 5 nitrogen and oxygen atoms in total. The van der Waals surface area contributed by atoms with Crippen molar-refractivity contribution in [3.63, 3.8) is 0 Å². The van der Waals surface area contributed by atoms with Crippen LogP contribution in [0, 0.1) is 6.92 Å². The van der Waals surface area contributed by atoms with Gasteiger partial charge in [-0.25, -0.2) is 9.78 Å². The third-order valence-corrected chi connectivity index (χ3v) is 3.52. The summed E-state index contributed by atoms with van der Waals surface area (Å²) in [6, 6.07) is 9.52. The van der Waals surface area contributed by atoms with E-state index in [0.717, 1.165) is 21.4 Å². The summed E-state index contributed by atoms with van der Waals surface area (Å²) in [6.07, 6.45) is 1.10. The molecule has 0 spiro atoms. The van der Waals surface area contributed by atoms with Crippen LogP contribution >= 0.6 is 15.9 Å². The molecule has 0 radical (unpaired) electrons. The molecule has 0 fully saturated rings. The van der Waals surface area contributed by atoms with E-state index < -0.39 is 6.09 Å². The van der Waals surface area contributed by atoms with E-state index in [1.807, 2.05) is 31.2 Å². The minimum absolute atomic E-state index is 0.439. The van der Waals surface area contributed by atoms with E-state index in [9.17, 15) is 4.79 Å². The van der Waals surface area contributed by atoms with Gasteiger partial charge in [-0.1, -0.05) is 15.9 Å². The van der Waals surface area contributed by atoms with E-state index in [-0.39, 0.29) is 0 Å². The van der Waals surface area contributed by atoms with Crippen LogP contribution in [0.3, 0.4) is 0 Å². The molecule has 1 heterocycles. The fourth-order valence-corrected chi connectivity index (χ4v) is 1.83. The number of carbonyl (C=O) groups is 1. The van der Waals surface area contributed by atoms with Crippen LogP contribution in [0.4, 0.5) is 22.0 Å². The number of amides is 1. The third-order valence-electron chi connectivity index (χ3n) is 2.63. The predicted octanol–water partition coefficient (Wildman–Crippen LogP) is 4.07. The smallest absolute Gasteiger partial charge is 0.412 e. The number of aryl methyl sites for hydroxylation is 1. The van der Waals surface area contributed by atoms with Gasteiger partial charge in [-0.05, 0) is 42.8 Å². The second kappa shape index (κ2) is 6.38. The maximum Gasteiger partial charge on any atom is 0.412 e. The number of nitrogens with one attached hydrogen (secondary N) is 2. The highest BCUT2D eigenvalue weighted by atomic mass is 79.9. The first-order chi connectivity index (χ1) is 9.58. The molecule has 2 aromatic rings. The highest BCUT2D eigenvalue weighted by Crippen LogP contribution is 2.23. The second-order valence-electron chi connectivity index (χ2n) is 4.14. The Morgan fingerprint density at radius 2 is 2.00 bits per heavy atom. The quantitative estimate of drug-likeness (QED) is 0.887. The van der Waals surface area contributed by atoms with Crippen molar-refractivity contribution in [3.8, 4) is 0 Å². The molecule has 0 saturated carbocycles. The topological polar surface area (TPSA) is 63.2 Å². The standard InChI is InChI=1S/C14H14BrN3O2/c1-9-7-10(3-5-12(9)15)17-11-4-6-13(16-8-11)18-14(19)20-2/h3-8,17H,1-2H3,(H,16,18,19). The van der Waals surface area contributed by atoms with Crippen LogP contribution in [0.1, 0.15) is 5.56 Å². The van der Waals surface area contributed by atoms with Crippen molar-refractivity contribution in [2.24, 2.45) is 0 Å². The zero-order valence-corrected chi connectivity index (χ0v) is 12.7. The van der Waals surface area contributed by atoms with Crippen molar-refractivity contribution in [2.45, 2.75) is 6.92 Å². The number of rotatable bonds is 3. The number of carbonyl (C=O) groups excluding carboxylic acids is 1. The molecule has 1 aromatic carbocycles. The van der Waals surface area contributed by atoms with Crippen molar-refractivity contribution in [1.82, 2.24) is 4.98 Å². The highest BCUT2D eigenvalue weighted by molar-refractivity contribution is 9.10. The minimum Gasteiger partial charge on any atom is -0.453 e. The molecule has 104 valence electrons. The van der Waals surface area contributed by atoms with Gasteiger partial charge in [0.15, 0.2) is 0 Å². The van der Waals surface area contributed by atoms with Gasteiger partial charge in [-0.15, -0.1) is 0 Å². The van der Waals surface area contributed by atoms with Crippen molar-refractivity contribution in [3.05, 3.63) is 46.6 Å². The number of pyridine rings is 1. The number of methoxy groups -OCH3 is 1. The number of hydrogen-bond acceptors (Lipinski definition) is 4. The van der Waals surface area contributed by atoms with Gasteiger partial charge in [0.1, 0.15) is 5.82 Å². The lowest BCUT2D eigenvalue weighted by Crippen LogP contribution is -2.11. The van der Waals surface area contributed by atoms with E-state index in [0.29, 0.717) is 5.82 Å². The van der Waals surface area contributed by atoms with Gasteiger partial charge in [0.2, 0.25) is 0 Å². The second-order valence-corrected chi connectivity index (χ2v) is 4.99. The van der Waals surface area contributed by atoms with Crippen molar-refractivity contribution in [1.29, 1.82) is 0 Å². The first kappa shape index (κ1) is 14.3. The van der Waals surface area contributed by atoms with Gasteiger partial charge in [-0.2, -0.15) is 0 Å². The normalized spacial score (nSPS) is 9.95. The summed E-state index contributed by atoms with van der Waals surface area (Å²) < 4.78 is 5.56. The highest BCUT2D eigenvalue weighted by Gasteiger charge is 2.02. The lowest BCUT2D eigenvalue weighted by atomic mass is 10.2. The molecular weight excluding hydrogens is 322 g/mol. The first-order valence-electron chi connectivity index (χ1n) is 5.92. The first-order valence-corrected chi connectivity index (χ1v) is 6.72. The molecule has 0 atom stereocenters. The molecule has 2 rings (SSSR count). The Kier molecular flexibility index (Phi) is 4.57. The molecule has 1 aromatic heterocycles. The van der Waals surface area contributed by atoms with Gasteiger partial charge >= 0.3 is 6.09 Å². The minimum atomic E-state index is -0.540. The number of ether oxygens (including phenoxy) is 1. The number of aromatic nitrogens is 1. The van der Waals surface area contributed by atoms with Gasteiger partial charge < -0.3 is 10.1 Å². The van der Waals surface area contributed by atoms with Crippen molar-refractivity contribution < 1.29 is 9.53 Å².